The van der Waals surface area contributed by atoms with E-state index in [-0.39, 0.29) is 16.3 Å². The highest BCUT2D eigenvalue weighted by molar-refractivity contribution is 7.85. The lowest BCUT2D eigenvalue weighted by Crippen LogP contribution is -2.20. The molecule has 3 nitrogen and oxygen atoms in total. The molecule has 1 unspecified atom stereocenters. The Labute approximate surface area is 117 Å². The Balaban J connectivity index is 2.02. The highest BCUT2D eigenvalue weighted by atomic mass is 32.2. The molecule has 0 fully saturated rings. The largest absolute Gasteiger partial charge is 0.323 e. The van der Waals surface area contributed by atoms with Gasteiger partial charge >= 0.3 is 0 Å². The molecule has 2 rings (SSSR count). The minimum atomic E-state index is -1.68. The normalized spacial score (nSPS) is 11.9. The number of benzene rings is 2. The van der Waals surface area contributed by atoms with Crippen LogP contribution in [0.15, 0.2) is 53.4 Å². The van der Waals surface area contributed by atoms with Crippen LogP contribution in [0.5, 0.6) is 0 Å². The van der Waals surface area contributed by atoms with Gasteiger partial charge in [-0.3, -0.25) is 9.00 Å². The van der Waals surface area contributed by atoms with Crippen LogP contribution in [0.2, 0.25) is 0 Å². The molecule has 1 N–H and O–H groups in total. The Morgan fingerprint density at radius 3 is 2.55 bits per heavy atom. The van der Waals surface area contributed by atoms with E-state index in [1.54, 1.807) is 6.07 Å². The first-order valence-corrected chi connectivity index (χ1v) is 7.06. The van der Waals surface area contributed by atoms with Gasteiger partial charge in [0.1, 0.15) is 17.4 Å². The van der Waals surface area contributed by atoms with E-state index in [9.17, 15) is 17.8 Å². The second-order valence-corrected chi connectivity index (χ2v) is 5.43. The third kappa shape index (κ3) is 3.71. The predicted molar refractivity (Wildman–Crippen MR) is 72.7 cm³/mol. The first-order valence-electron chi connectivity index (χ1n) is 5.74. The molecule has 0 aliphatic rings. The average molecular weight is 295 g/mol. The summed E-state index contributed by atoms with van der Waals surface area (Å²) in [7, 11) is -1.68. The van der Waals surface area contributed by atoms with Gasteiger partial charge in [-0.1, -0.05) is 18.2 Å². The van der Waals surface area contributed by atoms with Gasteiger partial charge in [0.2, 0.25) is 5.91 Å². The molecular weight excluding hydrogens is 284 g/mol. The third-order valence-corrected chi connectivity index (χ3v) is 3.77. The van der Waals surface area contributed by atoms with Crippen LogP contribution < -0.4 is 5.32 Å². The molecule has 2 aromatic carbocycles. The number of carbonyl (C=O) groups excluding carboxylic acids is 1. The van der Waals surface area contributed by atoms with E-state index in [0.717, 1.165) is 6.07 Å². The number of para-hydroxylation sites is 1. The van der Waals surface area contributed by atoms with Gasteiger partial charge in [-0.15, -0.1) is 0 Å². The van der Waals surface area contributed by atoms with E-state index in [1.807, 2.05) is 0 Å². The van der Waals surface area contributed by atoms with E-state index in [4.69, 9.17) is 0 Å². The second-order valence-electron chi connectivity index (χ2n) is 3.98. The molecule has 20 heavy (non-hydrogen) atoms. The minimum Gasteiger partial charge on any atom is -0.323 e. The Hall–Kier alpha value is -2.08. The Morgan fingerprint density at radius 1 is 1.10 bits per heavy atom. The van der Waals surface area contributed by atoms with Crippen LogP contribution in [-0.4, -0.2) is 15.9 Å². The van der Waals surface area contributed by atoms with Gasteiger partial charge in [-0.25, -0.2) is 8.78 Å². The summed E-state index contributed by atoms with van der Waals surface area (Å²) < 4.78 is 38.2. The van der Waals surface area contributed by atoms with Gasteiger partial charge in [-0.05, 0) is 30.3 Å². The molecular formula is C14H11F2NO2S. The maximum absolute atomic E-state index is 13.3. The monoisotopic (exact) mass is 295 g/mol. The average Bonchev–Trinajstić information content (AvgIpc) is 2.41. The number of hydrogen-bond acceptors (Lipinski definition) is 2. The Kier molecular flexibility index (Phi) is 4.57. The zero-order chi connectivity index (χ0) is 14.5. The van der Waals surface area contributed by atoms with Gasteiger partial charge in [0.15, 0.2) is 0 Å². The van der Waals surface area contributed by atoms with Crippen LogP contribution >= 0.6 is 0 Å². The quantitative estimate of drug-likeness (QED) is 0.942. The van der Waals surface area contributed by atoms with Gasteiger partial charge < -0.3 is 5.32 Å². The van der Waals surface area contributed by atoms with Crippen molar-refractivity contribution in [3.63, 3.8) is 0 Å². The van der Waals surface area contributed by atoms with Gasteiger partial charge in [0.05, 0.1) is 16.5 Å². The van der Waals surface area contributed by atoms with Crippen LogP contribution in [0, 0.1) is 11.6 Å². The molecule has 1 amide bonds. The molecule has 0 saturated carbocycles. The number of amides is 1. The molecule has 104 valence electrons. The summed E-state index contributed by atoms with van der Waals surface area (Å²) in [5, 5.41) is 2.32. The summed E-state index contributed by atoms with van der Waals surface area (Å²) in [6.07, 6.45) is 0. The Morgan fingerprint density at radius 2 is 1.85 bits per heavy atom. The zero-order valence-electron chi connectivity index (χ0n) is 10.3. The molecule has 2 aromatic rings. The van der Waals surface area contributed by atoms with Crippen molar-refractivity contribution in [3.05, 3.63) is 60.2 Å². The van der Waals surface area contributed by atoms with Crippen molar-refractivity contribution in [2.45, 2.75) is 4.90 Å². The van der Waals surface area contributed by atoms with Gasteiger partial charge in [0.25, 0.3) is 0 Å². The van der Waals surface area contributed by atoms with E-state index in [0.29, 0.717) is 0 Å². The van der Waals surface area contributed by atoms with Crippen molar-refractivity contribution in [2.75, 3.05) is 11.1 Å². The number of nitrogens with one attached hydrogen (secondary N) is 1. The van der Waals surface area contributed by atoms with Crippen LogP contribution in [-0.2, 0) is 15.6 Å². The second kappa shape index (κ2) is 6.38. The van der Waals surface area contributed by atoms with Gasteiger partial charge in [-0.2, -0.15) is 0 Å². The lowest BCUT2D eigenvalue weighted by Gasteiger charge is -2.06. The summed E-state index contributed by atoms with van der Waals surface area (Å²) in [6, 6.07) is 10.9. The standard InChI is InChI=1S/C14H11F2NO2S/c15-10-4-3-5-11(8-10)20(19)9-14(18)17-13-7-2-1-6-12(13)16/h1-8H,9H2,(H,17,18). The van der Waals surface area contributed by atoms with Crippen molar-refractivity contribution >= 4 is 22.4 Å². The third-order valence-electron chi connectivity index (χ3n) is 2.47. The lowest BCUT2D eigenvalue weighted by molar-refractivity contribution is -0.113. The van der Waals surface area contributed by atoms with Crippen LogP contribution in [0.4, 0.5) is 14.5 Å². The first-order chi connectivity index (χ1) is 9.56. The fourth-order valence-corrected chi connectivity index (χ4v) is 2.51. The number of halogens is 2. The molecule has 6 heteroatoms. The van der Waals surface area contributed by atoms with E-state index in [2.05, 4.69) is 5.32 Å². The Bertz CT molecular complexity index is 661. The van der Waals surface area contributed by atoms with Crippen molar-refractivity contribution in [1.29, 1.82) is 0 Å². The van der Waals surface area contributed by atoms with Crippen molar-refractivity contribution in [1.82, 2.24) is 0 Å². The summed E-state index contributed by atoms with van der Waals surface area (Å²) in [5.74, 6) is -2.06. The summed E-state index contributed by atoms with van der Waals surface area (Å²) in [6.45, 7) is 0. The molecule has 0 aliphatic carbocycles. The number of rotatable bonds is 4. The molecule has 1 atom stereocenters. The summed E-state index contributed by atoms with van der Waals surface area (Å²) >= 11 is 0. The number of anilines is 1. The summed E-state index contributed by atoms with van der Waals surface area (Å²) in [4.78, 5) is 11.9. The minimum absolute atomic E-state index is 0.0220. The SMILES string of the molecule is O=C(CS(=O)c1cccc(F)c1)Nc1ccccc1F. The fourth-order valence-electron chi connectivity index (χ4n) is 1.56. The van der Waals surface area contributed by atoms with E-state index in [1.165, 1.54) is 36.4 Å². The van der Waals surface area contributed by atoms with Crippen molar-refractivity contribution in [3.8, 4) is 0 Å². The molecule has 0 saturated heterocycles. The van der Waals surface area contributed by atoms with Crippen LogP contribution in [0.25, 0.3) is 0 Å². The van der Waals surface area contributed by atoms with Crippen molar-refractivity contribution in [2.24, 2.45) is 0 Å². The molecule has 0 aliphatic heterocycles. The highest BCUT2D eigenvalue weighted by Gasteiger charge is 2.12. The first kappa shape index (κ1) is 14.3. The molecule has 0 bridgehead atoms. The van der Waals surface area contributed by atoms with Crippen LogP contribution in [0.3, 0.4) is 0 Å². The smallest absolute Gasteiger partial charge is 0.237 e. The summed E-state index contributed by atoms with van der Waals surface area (Å²) in [5.41, 5.74) is 0.0220. The maximum Gasteiger partial charge on any atom is 0.237 e. The van der Waals surface area contributed by atoms with Crippen LogP contribution in [0.1, 0.15) is 0 Å². The predicted octanol–water partition coefficient (Wildman–Crippen LogP) is 2.71. The highest BCUT2D eigenvalue weighted by Crippen LogP contribution is 2.13. The lowest BCUT2D eigenvalue weighted by atomic mass is 10.3. The van der Waals surface area contributed by atoms with E-state index >= 15 is 0 Å². The number of carbonyl (C=O) groups is 1. The number of hydrogen-bond donors (Lipinski definition) is 1. The molecule has 0 spiro atoms. The zero-order valence-corrected chi connectivity index (χ0v) is 11.1. The molecule has 0 radical (unpaired) electrons. The molecule has 0 aromatic heterocycles. The topological polar surface area (TPSA) is 46.2 Å². The molecule has 0 heterocycles. The fraction of sp³-hybridized carbons (Fsp3) is 0.0714. The van der Waals surface area contributed by atoms with Crippen molar-refractivity contribution < 1.29 is 17.8 Å². The van der Waals surface area contributed by atoms with E-state index < -0.39 is 28.3 Å². The maximum atomic E-state index is 13.3. The van der Waals surface area contributed by atoms with Gasteiger partial charge in [0, 0.05) is 4.90 Å².